The van der Waals surface area contributed by atoms with Crippen LogP contribution in [0.3, 0.4) is 0 Å². The van der Waals surface area contributed by atoms with Crippen molar-refractivity contribution in [3.8, 4) is 5.69 Å². The van der Waals surface area contributed by atoms with Gasteiger partial charge in [0.2, 0.25) is 0 Å². The van der Waals surface area contributed by atoms with Gasteiger partial charge < -0.3 is 4.74 Å². The van der Waals surface area contributed by atoms with Crippen LogP contribution in [0.2, 0.25) is 0 Å². The highest BCUT2D eigenvalue weighted by molar-refractivity contribution is 7.13. The molecule has 0 aliphatic rings. The van der Waals surface area contributed by atoms with Crippen LogP contribution in [0.15, 0.2) is 27.8 Å². The summed E-state index contributed by atoms with van der Waals surface area (Å²) >= 11 is 1.000. The Morgan fingerprint density at radius 2 is 1.92 bits per heavy atom. The van der Waals surface area contributed by atoms with E-state index < -0.39 is 34.6 Å². The Bertz CT molecular complexity index is 1110. The molecule has 1 aromatic carbocycles. The molecule has 3 rings (SSSR count). The van der Waals surface area contributed by atoms with E-state index in [2.05, 4.69) is 4.37 Å². The number of alkyl halides is 3. The van der Waals surface area contributed by atoms with Crippen molar-refractivity contribution < 1.29 is 22.3 Å². The molecule has 0 aliphatic carbocycles. The Morgan fingerprint density at radius 3 is 2.54 bits per heavy atom. The fourth-order valence-corrected chi connectivity index (χ4v) is 3.32. The lowest BCUT2D eigenvalue weighted by Gasteiger charge is -2.14. The zero-order valence-corrected chi connectivity index (χ0v) is 14.2. The minimum Gasteiger partial charge on any atom is -0.378 e. The fourth-order valence-electron chi connectivity index (χ4n) is 2.53. The van der Waals surface area contributed by atoms with Crippen LogP contribution >= 0.6 is 11.5 Å². The van der Waals surface area contributed by atoms with Crippen molar-refractivity contribution in [1.82, 2.24) is 13.5 Å². The zero-order valence-electron chi connectivity index (χ0n) is 13.4. The fraction of sp³-hybridized carbons (Fsp3) is 0.267. The number of methoxy groups -OCH3 is 1. The van der Waals surface area contributed by atoms with Gasteiger partial charge in [0.05, 0.1) is 22.7 Å². The monoisotopic (exact) mass is 389 g/mol. The second-order valence-electron chi connectivity index (χ2n) is 5.40. The van der Waals surface area contributed by atoms with Gasteiger partial charge in [-0.15, -0.1) is 0 Å². The van der Waals surface area contributed by atoms with Gasteiger partial charge in [0.25, 0.3) is 5.56 Å². The van der Waals surface area contributed by atoms with Crippen LogP contribution in [0.5, 0.6) is 0 Å². The molecule has 0 atom stereocenters. The van der Waals surface area contributed by atoms with Crippen LogP contribution in [0.4, 0.5) is 17.6 Å². The van der Waals surface area contributed by atoms with Crippen LogP contribution in [0.1, 0.15) is 11.4 Å². The Kier molecular flexibility index (Phi) is 4.44. The van der Waals surface area contributed by atoms with E-state index in [-0.39, 0.29) is 17.2 Å². The number of aromatic nitrogens is 3. The molecule has 0 amide bonds. The first kappa shape index (κ1) is 18.3. The summed E-state index contributed by atoms with van der Waals surface area (Å²) in [4.78, 5) is 24.5. The van der Waals surface area contributed by atoms with E-state index in [4.69, 9.17) is 4.74 Å². The highest BCUT2D eigenvalue weighted by Crippen LogP contribution is 2.29. The number of halogens is 4. The number of benzene rings is 1. The molecule has 0 aliphatic heterocycles. The van der Waals surface area contributed by atoms with Crippen LogP contribution < -0.4 is 11.2 Å². The van der Waals surface area contributed by atoms with E-state index >= 15 is 0 Å². The topological polar surface area (TPSA) is 66.1 Å². The predicted molar refractivity (Wildman–Crippen MR) is 86.1 cm³/mol. The Hall–Kier alpha value is -2.53. The maximum Gasteiger partial charge on any atom is 0.431 e. The van der Waals surface area contributed by atoms with E-state index in [1.165, 1.54) is 13.2 Å². The van der Waals surface area contributed by atoms with E-state index in [9.17, 15) is 27.2 Å². The number of ether oxygens (including phenoxy) is 1. The Labute approximate surface area is 147 Å². The summed E-state index contributed by atoms with van der Waals surface area (Å²) in [6.45, 7) is 0.116. The summed E-state index contributed by atoms with van der Waals surface area (Å²) in [6, 6.07) is 2.54. The third-order valence-corrected chi connectivity index (χ3v) is 4.59. The van der Waals surface area contributed by atoms with Crippen molar-refractivity contribution in [2.24, 2.45) is 7.05 Å². The average molecular weight is 389 g/mol. The maximum absolute atomic E-state index is 14.4. The molecule has 11 heteroatoms. The summed E-state index contributed by atoms with van der Waals surface area (Å²) in [5.41, 5.74) is -3.99. The second-order valence-corrected chi connectivity index (χ2v) is 6.21. The van der Waals surface area contributed by atoms with Crippen molar-refractivity contribution in [3.05, 3.63) is 56.2 Å². The molecule has 0 spiro atoms. The van der Waals surface area contributed by atoms with Crippen molar-refractivity contribution in [3.63, 3.8) is 0 Å². The van der Waals surface area contributed by atoms with Crippen molar-refractivity contribution in [2.75, 3.05) is 7.11 Å². The van der Waals surface area contributed by atoms with E-state index in [0.29, 0.717) is 20.3 Å². The third kappa shape index (κ3) is 2.92. The summed E-state index contributed by atoms with van der Waals surface area (Å²) in [6.07, 6.45) is -4.89. The van der Waals surface area contributed by atoms with Gasteiger partial charge in [-0.25, -0.2) is 13.8 Å². The molecule has 0 unspecified atom stereocenters. The van der Waals surface area contributed by atoms with Crippen LogP contribution in [0, 0.1) is 5.82 Å². The van der Waals surface area contributed by atoms with Crippen molar-refractivity contribution in [1.29, 1.82) is 0 Å². The summed E-state index contributed by atoms with van der Waals surface area (Å²) in [7, 11) is 2.30. The first-order valence-electron chi connectivity index (χ1n) is 7.12. The minimum atomic E-state index is -4.89. The van der Waals surface area contributed by atoms with Gasteiger partial charge in [-0.05, 0) is 23.7 Å². The maximum atomic E-state index is 14.4. The van der Waals surface area contributed by atoms with E-state index in [1.54, 1.807) is 0 Å². The third-order valence-electron chi connectivity index (χ3n) is 3.75. The lowest BCUT2D eigenvalue weighted by atomic mass is 10.2. The number of hydrogen-bond donors (Lipinski definition) is 0. The SMILES string of the molecule is COCc1nsc2cc(F)c(-n3c(=O)cc(C(F)(F)F)n(C)c3=O)cc12. The molecule has 6 nitrogen and oxygen atoms in total. The molecule has 2 heterocycles. The molecule has 0 fully saturated rings. The molecule has 0 saturated carbocycles. The lowest BCUT2D eigenvalue weighted by molar-refractivity contribution is -0.144. The van der Waals surface area contributed by atoms with Gasteiger partial charge >= 0.3 is 11.9 Å². The van der Waals surface area contributed by atoms with Gasteiger partial charge in [-0.1, -0.05) is 0 Å². The van der Waals surface area contributed by atoms with E-state index in [1.807, 2.05) is 0 Å². The molecule has 0 radical (unpaired) electrons. The number of rotatable bonds is 3. The predicted octanol–water partition coefficient (Wildman–Crippen LogP) is 2.45. The number of nitrogens with zero attached hydrogens (tertiary/aromatic N) is 3. The quantitative estimate of drug-likeness (QED) is 0.646. The largest absolute Gasteiger partial charge is 0.431 e. The van der Waals surface area contributed by atoms with Crippen molar-refractivity contribution >= 4 is 21.6 Å². The van der Waals surface area contributed by atoms with Crippen LogP contribution in [-0.2, 0) is 24.6 Å². The van der Waals surface area contributed by atoms with Crippen LogP contribution in [0.25, 0.3) is 15.8 Å². The Balaban J connectivity index is 2.32. The average Bonchev–Trinajstić information content (AvgIpc) is 2.92. The van der Waals surface area contributed by atoms with Crippen LogP contribution in [-0.4, -0.2) is 20.6 Å². The van der Waals surface area contributed by atoms with E-state index in [0.717, 1.165) is 24.6 Å². The van der Waals surface area contributed by atoms with Gasteiger partial charge in [0.1, 0.15) is 11.5 Å². The van der Waals surface area contributed by atoms with Gasteiger partial charge in [0.15, 0.2) is 0 Å². The molecular formula is C15H11F4N3O3S. The molecule has 0 bridgehead atoms. The first-order chi connectivity index (χ1) is 12.1. The lowest BCUT2D eigenvalue weighted by Crippen LogP contribution is -2.41. The molecule has 0 saturated heterocycles. The smallest absolute Gasteiger partial charge is 0.378 e. The normalized spacial score (nSPS) is 12.1. The van der Waals surface area contributed by atoms with Crippen molar-refractivity contribution in [2.45, 2.75) is 12.8 Å². The Morgan fingerprint density at radius 1 is 1.23 bits per heavy atom. The first-order valence-corrected chi connectivity index (χ1v) is 7.90. The molecule has 3 aromatic rings. The second kappa shape index (κ2) is 6.32. The summed E-state index contributed by atoms with van der Waals surface area (Å²) < 4.78 is 63.4. The number of fused-ring (bicyclic) bond motifs is 1. The molecule has 2 aromatic heterocycles. The van der Waals surface area contributed by atoms with Gasteiger partial charge in [-0.3, -0.25) is 9.36 Å². The molecular weight excluding hydrogens is 378 g/mol. The number of hydrogen-bond acceptors (Lipinski definition) is 5. The van der Waals surface area contributed by atoms with Gasteiger partial charge in [-0.2, -0.15) is 17.5 Å². The van der Waals surface area contributed by atoms with Gasteiger partial charge in [0, 0.05) is 25.6 Å². The standard InChI is InChI=1S/C15H11F4N3O3S/c1-21-12(15(17,18)19)5-13(23)22(14(21)24)10-3-7-9(6-25-2)20-26-11(7)4-8(10)16/h3-5H,6H2,1-2H3. The zero-order chi connectivity index (χ0) is 19.2. The highest BCUT2D eigenvalue weighted by atomic mass is 32.1. The summed E-state index contributed by atoms with van der Waals surface area (Å²) in [5.74, 6) is -0.927. The molecule has 0 N–H and O–H groups in total. The molecule has 138 valence electrons. The minimum absolute atomic E-state index is 0.116. The summed E-state index contributed by atoms with van der Waals surface area (Å²) in [5, 5.41) is 0.446. The molecule has 26 heavy (non-hydrogen) atoms. The highest BCUT2D eigenvalue weighted by Gasteiger charge is 2.35.